The number of furan rings is 1. The Morgan fingerprint density at radius 1 is 1.12 bits per heavy atom. The minimum atomic E-state index is -0.214. The van der Waals surface area contributed by atoms with Crippen molar-refractivity contribution in [1.29, 1.82) is 0 Å². The second kappa shape index (κ2) is 7.44. The molecule has 3 heterocycles. The molecule has 0 saturated carbocycles. The Kier molecular flexibility index (Phi) is 4.69. The van der Waals surface area contributed by atoms with Crippen LogP contribution >= 0.6 is 0 Å². The number of anilines is 1. The average Bonchev–Trinajstić information content (AvgIpc) is 3.39. The van der Waals surface area contributed by atoms with Crippen LogP contribution in [-0.2, 0) is 6.54 Å². The summed E-state index contributed by atoms with van der Waals surface area (Å²) in [7, 11) is 0. The predicted molar refractivity (Wildman–Crippen MR) is 101 cm³/mol. The molecule has 26 heavy (non-hydrogen) atoms. The predicted octanol–water partition coefficient (Wildman–Crippen LogP) is 3.87. The molecule has 5 heteroatoms. The Morgan fingerprint density at radius 2 is 1.92 bits per heavy atom. The van der Waals surface area contributed by atoms with Crippen LogP contribution in [0, 0.1) is 0 Å². The Bertz CT molecular complexity index is 883. The van der Waals surface area contributed by atoms with Crippen LogP contribution in [-0.4, -0.2) is 24.0 Å². The van der Waals surface area contributed by atoms with Gasteiger partial charge in [0.1, 0.15) is 5.82 Å². The highest BCUT2D eigenvalue weighted by molar-refractivity contribution is 5.98. The van der Waals surface area contributed by atoms with Gasteiger partial charge in [0.2, 0.25) is 0 Å². The van der Waals surface area contributed by atoms with Crippen molar-refractivity contribution in [3.63, 3.8) is 0 Å². The third-order valence-electron chi connectivity index (χ3n) is 4.65. The van der Waals surface area contributed by atoms with Gasteiger partial charge in [-0.05, 0) is 42.2 Å². The van der Waals surface area contributed by atoms with E-state index in [0.717, 1.165) is 35.6 Å². The molecule has 1 saturated heterocycles. The largest absolute Gasteiger partial charge is 0.459 e. The molecular weight excluding hydrogens is 326 g/mol. The van der Waals surface area contributed by atoms with Gasteiger partial charge in [0.25, 0.3) is 5.91 Å². The number of rotatable bonds is 5. The zero-order chi connectivity index (χ0) is 17.8. The van der Waals surface area contributed by atoms with Crippen LogP contribution in [0.5, 0.6) is 0 Å². The third kappa shape index (κ3) is 3.47. The number of carbonyl (C=O) groups excluding carboxylic acids is 1. The van der Waals surface area contributed by atoms with E-state index in [9.17, 15) is 4.79 Å². The van der Waals surface area contributed by atoms with E-state index in [-0.39, 0.29) is 5.91 Å². The molecule has 2 aromatic heterocycles. The minimum absolute atomic E-state index is 0.214. The average molecular weight is 347 g/mol. The van der Waals surface area contributed by atoms with Gasteiger partial charge in [-0.3, -0.25) is 4.79 Å². The first-order valence-electron chi connectivity index (χ1n) is 8.92. The maximum atomic E-state index is 12.6. The summed E-state index contributed by atoms with van der Waals surface area (Å²) in [6.07, 6.45) is 5.78. The number of hydrogen-bond donors (Lipinski definition) is 1. The van der Waals surface area contributed by atoms with Gasteiger partial charge in [-0.1, -0.05) is 30.3 Å². The van der Waals surface area contributed by atoms with Gasteiger partial charge in [0.05, 0.1) is 6.26 Å². The van der Waals surface area contributed by atoms with Crippen molar-refractivity contribution >= 4 is 11.7 Å². The van der Waals surface area contributed by atoms with E-state index in [1.165, 1.54) is 12.8 Å². The van der Waals surface area contributed by atoms with E-state index >= 15 is 0 Å². The summed E-state index contributed by atoms with van der Waals surface area (Å²) in [5.41, 5.74) is 2.80. The molecule has 0 atom stereocenters. The first kappa shape index (κ1) is 16.4. The van der Waals surface area contributed by atoms with E-state index < -0.39 is 0 Å². The number of amides is 1. The highest BCUT2D eigenvalue weighted by Crippen LogP contribution is 2.24. The Balaban J connectivity index is 1.45. The molecule has 1 fully saturated rings. The number of pyridine rings is 1. The van der Waals surface area contributed by atoms with E-state index in [1.807, 2.05) is 48.5 Å². The Morgan fingerprint density at radius 3 is 2.73 bits per heavy atom. The van der Waals surface area contributed by atoms with Crippen molar-refractivity contribution in [2.24, 2.45) is 0 Å². The standard InChI is InChI=1S/C21H21N3O2/c25-21(20-18(9-13-26-20)17-6-2-1-3-7-17)23-15-16-8-10-22-19(14-16)24-11-4-5-12-24/h1-3,6-10,13-14H,4-5,11-12,15H2,(H,23,25). The van der Waals surface area contributed by atoms with Crippen molar-refractivity contribution in [2.75, 3.05) is 18.0 Å². The first-order valence-corrected chi connectivity index (χ1v) is 8.92. The van der Waals surface area contributed by atoms with Crippen LogP contribution in [0.4, 0.5) is 5.82 Å². The molecule has 0 radical (unpaired) electrons. The zero-order valence-electron chi connectivity index (χ0n) is 14.5. The molecule has 3 aromatic rings. The molecule has 1 amide bonds. The van der Waals surface area contributed by atoms with Crippen LogP contribution in [0.15, 0.2) is 65.4 Å². The number of benzene rings is 1. The lowest BCUT2D eigenvalue weighted by atomic mass is 10.1. The molecule has 1 aliphatic rings. The maximum Gasteiger partial charge on any atom is 0.287 e. The molecular formula is C21H21N3O2. The van der Waals surface area contributed by atoms with Crippen molar-refractivity contribution in [2.45, 2.75) is 19.4 Å². The van der Waals surface area contributed by atoms with Crippen molar-refractivity contribution in [3.05, 3.63) is 72.3 Å². The van der Waals surface area contributed by atoms with Gasteiger partial charge in [0.15, 0.2) is 5.76 Å². The van der Waals surface area contributed by atoms with Crippen LogP contribution in [0.1, 0.15) is 29.0 Å². The van der Waals surface area contributed by atoms with Crippen LogP contribution in [0.25, 0.3) is 11.1 Å². The Labute approximate surface area is 152 Å². The number of aromatic nitrogens is 1. The molecule has 0 bridgehead atoms. The molecule has 5 nitrogen and oxygen atoms in total. The second-order valence-electron chi connectivity index (χ2n) is 6.43. The van der Waals surface area contributed by atoms with E-state index in [4.69, 9.17) is 4.42 Å². The smallest absolute Gasteiger partial charge is 0.287 e. The van der Waals surface area contributed by atoms with Gasteiger partial charge in [-0.2, -0.15) is 0 Å². The summed E-state index contributed by atoms with van der Waals surface area (Å²) in [4.78, 5) is 19.3. The topological polar surface area (TPSA) is 58.4 Å². The summed E-state index contributed by atoms with van der Waals surface area (Å²) >= 11 is 0. The van der Waals surface area contributed by atoms with Crippen molar-refractivity contribution in [1.82, 2.24) is 10.3 Å². The molecule has 4 rings (SSSR count). The van der Waals surface area contributed by atoms with Crippen molar-refractivity contribution in [3.8, 4) is 11.1 Å². The van der Waals surface area contributed by atoms with Gasteiger partial charge < -0.3 is 14.6 Å². The molecule has 1 aromatic carbocycles. The highest BCUT2D eigenvalue weighted by atomic mass is 16.3. The van der Waals surface area contributed by atoms with Gasteiger partial charge in [0, 0.05) is 31.4 Å². The monoisotopic (exact) mass is 347 g/mol. The lowest BCUT2D eigenvalue weighted by molar-refractivity contribution is 0.0924. The highest BCUT2D eigenvalue weighted by Gasteiger charge is 2.17. The van der Waals surface area contributed by atoms with E-state index in [1.54, 1.807) is 12.5 Å². The molecule has 132 valence electrons. The SMILES string of the molecule is O=C(NCc1ccnc(N2CCCC2)c1)c1occc1-c1ccccc1. The van der Waals surface area contributed by atoms with Crippen LogP contribution in [0.3, 0.4) is 0 Å². The maximum absolute atomic E-state index is 12.6. The molecule has 0 aliphatic carbocycles. The van der Waals surface area contributed by atoms with Crippen molar-refractivity contribution < 1.29 is 9.21 Å². The van der Waals surface area contributed by atoms with Gasteiger partial charge in [-0.25, -0.2) is 4.98 Å². The van der Waals surface area contributed by atoms with E-state index in [0.29, 0.717) is 12.3 Å². The van der Waals surface area contributed by atoms with Gasteiger partial charge >= 0.3 is 0 Å². The fourth-order valence-electron chi connectivity index (χ4n) is 3.28. The summed E-state index contributed by atoms with van der Waals surface area (Å²) in [5, 5.41) is 2.95. The summed E-state index contributed by atoms with van der Waals surface area (Å²) < 4.78 is 5.44. The lowest BCUT2D eigenvalue weighted by Crippen LogP contribution is -2.23. The molecule has 1 aliphatic heterocycles. The fraction of sp³-hybridized carbons (Fsp3) is 0.238. The van der Waals surface area contributed by atoms with Crippen LogP contribution in [0.2, 0.25) is 0 Å². The zero-order valence-corrected chi connectivity index (χ0v) is 14.5. The quantitative estimate of drug-likeness (QED) is 0.761. The number of nitrogens with one attached hydrogen (secondary N) is 1. The summed E-state index contributed by atoms with van der Waals surface area (Å²) in [6.45, 7) is 2.54. The lowest BCUT2D eigenvalue weighted by Gasteiger charge is -2.17. The number of carbonyl (C=O) groups is 1. The molecule has 0 spiro atoms. The molecule has 0 unspecified atom stereocenters. The first-order chi connectivity index (χ1) is 12.8. The number of hydrogen-bond acceptors (Lipinski definition) is 4. The van der Waals surface area contributed by atoms with Crippen LogP contribution < -0.4 is 10.2 Å². The minimum Gasteiger partial charge on any atom is -0.459 e. The van der Waals surface area contributed by atoms with E-state index in [2.05, 4.69) is 15.2 Å². The second-order valence-corrected chi connectivity index (χ2v) is 6.43. The Hall–Kier alpha value is -3.08. The summed E-state index contributed by atoms with van der Waals surface area (Å²) in [5.74, 6) is 1.11. The third-order valence-corrected chi connectivity index (χ3v) is 4.65. The van der Waals surface area contributed by atoms with Gasteiger partial charge in [-0.15, -0.1) is 0 Å². The normalized spacial score (nSPS) is 13.8. The molecule has 1 N–H and O–H groups in total. The summed E-state index contributed by atoms with van der Waals surface area (Å²) in [6, 6.07) is 15.6. The fourth-order valence-corrected chi connectivity index (χ4v) is 3.28. The number of nitrogens with zero attached hydrogens (tertiary/aromatic N) is 2.